The van der Waals surface area contributed by atoms with Crippen molar-refractivity contribution in [2.75, 3.05) is 16.8 Å². The fourth-order valence-electron chi connectivity index (χ4n) is 1.90. The monoisotopic (exact) mass is 333 g/mol. The van der Waals surface area contributed by atoms with Crippen LogP contribution in [0.2, 0.25) is 5.02 Å². The molecule has 1 N–H and O–H groups in total. The molecule has 0 aliphatic rings. The highest BCUT2D eigenvalue weighted by atomic mass is 35.5. The number of nitrogens with one attached hydrogen (secondary N) is 1. The van der Waals surface area contributed by atoms with Crippen molar-refractivity contribution in [2.24, 2.45) is 0 Å². The van der Waals surface area contributed by atoms with Crippen LogP contribution >= 0.6 is 23.4 Å². The standard InChI is InChI=1S/C17H16ClNO2S/c1-12-9-14(18)7-8-15(12)19-17(21)11-22-10-16(20)13-5-3-2-4-6-13/h2-9H,10-11H2,1H3,(H,19,21). The van der Waals surface area contributed by atoms with Crippen molar-refractivity contribution >= 4 is 40.7 Å². The maximum absolute atomic E-state index is 11.9. The molecular formula is C17H16ClNO2S. The molecule has 5 heteroatoms. The van der Waals surface area contributed by atoms with Crippen molar-refractivity contribution in [2.45, 2.75) is 6.92 Å². The molecule has 0 fully saturated rings. The first-order valence-corrected chi connectivity index (χ1v) is 8.31. The Hall–Kier alpha value is -1.78. The largest absolute Gasteiger partial charge is 0.325 e. The molecule has 0 radical (unpaired) electrons. The number of carbonyl (C=O) groups is 2. The van der Waals surface area contributed by atoms with Crippen LogP contribution in [0.3, 0.4) is 0 Å². The van der Waals surface area contributed by atoms with E-state index in [0.29, 0.717) is 10.6 Å². The number of hydrogen-bond acceptors (Lipinski definition) is 3. The van der Waals surface area contributed by atoms with E-state index in [1.165, 1.54) is 11.8 Å². The van der Waals surface area contributed by atoms with Crippen molar-refractivity contribution < 1.29 is 9.59 Å². The number of thioether (sulfide) groups is 1. The Morgan fingerprint density at radius 3 is 2.50 bits per heavy atom. The number of aryl methyl sites for hydroxylation is 1. The van der Waals surface area contributed by atoms with Crippen molar-refractivity contribution in [3.63, 3.8) is 0 Å². The van der Waals surface area contributed by atoms with Gasteiger partial charge in [0.05, 0.1) is 11.5 Å². The second-order valence-corrected chi connectivity index (χ2v) is 6.21. The lowest BCUT2D eigenvalue weighted by molar-refractivity contribution is -0.113. The molecule has 0 aromatic heterocycles. The quantitative estimate of drug-likeness (QED) is 0.806. The Bertz CT molecular complexity index is 674. The summed E-state index contributed by atoms with van der Waals surface area (Å²) in [7, 11) is 0. The molecule has 2 aromatic carbocycles. The number of amides is 1. The van der Waals surface area contributed by atoms with E-state index in [9.17, 15) is 9.59 Å². The SMILES string of the molecule is Cc1cc(Cl)ccc1NC(=O)CSCC(=O)c1ccccc1. The molecule has 0 atom stereocenters. The second kappa shape index (κ2) is 8.01. The predicted molar refractivity (Wildman–Crippen MR) is 92.9 cm³/mol. The smallest absolute Gasteiger partial charge is 0.234 e. The summed E-state index contributed by atoms with van der Waals surface area (Å²) in [5.41, 5.74) is 2.32. The normalized spacial score (nSPS) is 10.3. The van der Waals surface area contributed by atoms with Crippen molar-refractivity contribution in [3.8, 4) is 0 Å². The maximum Gasteiger partial charge on any atom is 0.234 e. The van der Waals surface area contributed by atoms with E-state index < -0.39 is 0 Å². The third-order valence-corrected chi connectivity index (χ3v) is 4.19. The lowest BCUT2D eigenvalue weighted by Crippen LogP contribution is -2.16. The van der Waals surface area contributed by atoms with Gasteiger partial charge in [-0.3, -0.25) is 9.59 Å². The van der Waals surface area contributed by atoms with Gasteiger partial charge in [-0.05, 0) is 30.7 Å². The zero-order valence-corrected chi connectivity index (χ0v) is 13.7. The van der Waals surface area contributed by atoms with Crippen LogP contribution in [-0.4, -0.2) is 23.2 Å². The Kier molecular flexibility index (Phi) is 6.04. The predicted octanol–water partition coefficient (Wildman–Crippen LogP) is 4.20. The van der Waals surface area contributed by atoms with E-state index in [-0.39, 0.29) is 23.2 Å². The molecule has 0 spiro atoms. The van der Waals surface area contributed by atoms with Crippen LogP contribution in [0.15, 0.2) is 48.5 Å². The minimum Gasteiger partial charge on any atom is -0.325 e. The van der Waals surface area contributed by atoms with Gasteiger partial charge in [0.25, 0.3) is 0 Å². The molecule has 22 heavy (non-hydrogen) atoms. The molecule has 0 bridgehead atoms. The average Bonchev–Trinajstić information content (AvgIpc) is 2.51. The molecule has 1 amide bonds. The lowest BCUT2D eigenvalue weighted by atomic mass is 10.2. The van der Waals surface area contributed by atoms with E-state index in [4.69, 9.17) is 11.6 Å². The van der Waals surface area contributed by atoms with E-state index in [1.807, 2.05) is 25.1 Å². The third kappa shape index (κ3) is 4.90. The summed E-state index contributed by atoms with van der Waals surface area (Å²) in [4.78, 5) is 23.8. The van der Waals surface area contributed by atoms with Gasteiger partial charge >= 0.3 is 0 Å². The van der Waals surface area contributed by atoms with E-state index in [2.05, 4.69) is 5.32 Å². The minimum atomic E-state index is -0.128. The maximum atomic E-state index is 11.9. The van der Waals surface area contributed by atoms with E-state index in [0.717, 1.165) is 11.3 Å². The molecule has 0 aliphatic heterocycles. The van der Waals surface area contributed by atoms with Crippen LogP contribution in [0.5, 0.6) is 0 Å². The summed E-state index contributed by atoms with van der Waals surface area (Å²) in [6, 6.07) is 14.4. The molecule has 2 aromatic rings. The summed E-state index contributed by atoms with van der Waals surface area (Å²) in [6.07, 6.45) is 0. The Labute approximate surface area is 139 Å². The first kappa shape index (κ1) is 16.6. The van der Waals surface area contributed by atoms with Gasteiger partial charge in [-0.1, -0.05) is 41.9 Å². The highest BCUT2D eigenvalue weighted by molar-refractivity contribution is 8.00. The van der Waals surface area contributed by atoms with Gasteiger partial charge in [-0.25, -0.2) is 0 Å². The summed E-state index contributed by atoms with van der Waals surface area (Å²) >= 11 is 7.18. The molecule has 3 nitrogen and oxygen atoms in total. The molecule has 0 heterocycles. The van der Waals surface area contributed by atoms with Gasteiger partial charge < -0.3 is 5.32 Å². The van der Waals surface area contributed by atoms with Crippen molar-refractivity contribution in [1.82, 2.24) is 0 Å². The van der Waals surface area contributed by atoms with Crippen LogP contribution in [-0.2, 0) is 4.79 Å². The summed E-state index contributed by atoms with van der Waals surface area (Å²) in [6.45, 7) is 1.88. The first-order valence-electron chi connectivity index (χ1n) is 6.78. The van der Waals surface area contributed by atoms with Gasteiger partial charge in [0, 0.05) is 16.3 Å². The number of benzene rings is 2. The number of ketones is 1. The first-order chi connectivity index (χ1) is 10.6. The molecule has 114 valence electrons. The van der Waals surface area contributed by atoms with Crippen LogP contribution in [0, 0.1) is 6.92 Å². The number of halogens is 1. The van der Waals surface area contributed by atoms with Gasteiger partial charge in [0.1, 0.15) is 0 Å². The van der Waals surface area contributed by atoms with Crippen LogP contribution in [0.25, 0.3) is 0 Å². The number of anilines is 1. The van der Waals surface area contributed by atoms with Crippen LogP contribution < -0.4 is 5.32 Å². The van der Waals surface area contributed by atoms with Crippen LogP contribution in [0.4, 0.5) is 5.69 Å². The number of carbonyl (C=O) groups excluding carboxylic acids is 2. The molecule has 2 rings (SSSR count). The second-order valence-electron chi connectivity index (χ2n) is 4.79. The summed E-state index contributed by atoms with van der Waals surface area (Å²) in [5, 5.41) is 3.46. The summed E-state index contributed by atoms with van der Waals surface area (Å²) in [5.74, 6) is 0.426. The fraction of sp³-hybridized carbons (Fsp3) is 0.176. The number of hydrogen-bond donors (Lipinski definition) is 1. The zero-order chi connectivity index (χ0) is 15.9. The zero-order valence-electron chi connectivity index (χ0n) is 12.1. The Balaban J connectivity index is 1.80. The summed E-state index contributed by atoms with van der Waals surface area (Å²) < 4.78 is 0. The van der Waals surface area contributed by atoms with Gasteiger partial charge in [0.15, 0.2) is 5.78 Å². The fourth-order valence-corrected chi connectivity index (χ4v) is 2.84. The van der Waals surface area contributed by atoms with Gasteiger partial charge in [0.2, 0.25) is 5.91 Å². The van der Waals surface area contributed by atoms with E-state index in [1.54, 1.807) is 30.3 Å². The number of Topliss-reactive ketones (excluding diaryl/α,β-unsaturated/α-hetero) is 1. The van der Waals surface area contributed by atoms with Crippen LogP contribution in [0.1, 0.15) is 15.9 Å². The number of rotatable bonds is 6. The van der Waals surface area contributed by atoms with Gasteiger partial charge in [-0.15, -0.1) is 11.8 Å². The van der Waals surface area contributed by atoms with E-state index >= 15 is 0 Å². The molecule has 0 saturated heterocycles. The molecule has 0 aliphatic carbocycles. The lowest BCUT2D eigenvalue weighted by Gasteiger charge is -2.08. The minimum absolute atomic E-state index is 0.0288. The van der Waals surface area contributed by atoms with Crippen molar-refractivity contribution in [1.29, 1.82) is 0 Å². The average molecular weight is 334 g/mol. The third-order valence-electron chi connectivity index (χ3n) is 3.02. The Morgan fingerprint density at radius 1 is 1.09 bits per heavy atom. The van der Waals surface area contributed by atoms with Crippen molar-refractivity contribution in [3.05, 3.63) is 64.7 Å². The molecule has 0 unspecified atom stereocenters. The molecule has 0 saturated carbocycles. The highest BCUT2D eigenvalue weighted by Gasteiger charge is 2.09. The highest BCUT2D eigenvalue weighted by Crippen LogP contribution is 2.19. The Morgan fingerprint density at radius 2 is 1.82 bits per heavy atom. The molecular weight excluding hydrogens is 318 g/mol. The topological polar surface area (TPSA) is 46.2 Å². The van der Waals surface area contributed by atoms with Gasteiger partial charge in [-0.2, -0.15) is 0 Å².